The second-order valence-electron chi connectivity index (χ2n) is 6.89. The Balaban J connectivity index is 1.65. The minimum atomic E-state index is -0.374. The van der Waals surface area contributed by atoms with Crippen molar-refractivity contribution in [1.82, 2.24) is 0 Å². The van der Waals surface area contributed by atoms with Crippen LogP contribution < -0.4 is 10.1 Å². The number of esters is 1. The van der Waals surface area contributed by atoms with Crippen LogP contribution >= 0.6 is 15.9 Å². The maximum absolute atomic E-state index is 12.9. The Morgan fingerprint density at radius 2 is 1.68 bits per heavy atom. The van der Waals surface area contributed by atoms with E-state index in [0.717, 1.165) is 17.3 Å². The van der Waals surface area contributed by atoms with Crippen molar-refractivity contribution < 1.29 is 19.1 Å². The van der Waals surface area contributed by atoms with E-state index in [0.29, 0.717) is 35.8 Å². The minimum absolute atomic E-state index is 0.294. The highest BCUT2D eigenvalue weighted by Crippen LogP contribution is 2.25. The number of carbonyl (C=O) groups excluding carboxylic acids is 2. The molecule has 0 fully saturated rings. The monoisotopic (exact) mass is 481 g/mol. The molecule has 0 saturated heterocycles. The molecule has 0 heterocycles. The number of nitrogens with one attached hydrogen (secondary N) is 1. The Bertz CT molecular complexity index is 1020. The number of rotatable bonds is 9. The van der Waals surface area contributed by atoms with Crippen molar-refractivity contribution in [2.75, 3.05) is 18.5 Å². The van der Waals surface area contributed by atoms with Crippen LogP contribution in [0.1, 0.15) is 39.6 Å². The van der Waals surface area contributed by atoms with E-state index in [-0.39, 0.29) is 11.9 Å². The number of anilines is 1. The number of carbonyl (C=O) groups is 2. The van der Waals surface area contributed by atoms with E-state index in [1.54, 1.807) is 36.4 Å². The average Bonchev–Trinajstić information content (AvgIpc) is 2.79. The van der Waals surface area contributed by atoms with Crippen molar-refractivity contribution in [3.8, 4) is 5.75 Å². The van der Waals surface area contributed by atoms with Crippen molar-refractivity contribution >= 4 is 33.5 Å². The van der Waals surface area contributed by atoms with Gasteiger partial charge in [-0.1, -0.05) is 53.2 Å². The van der Waals surface area contributed by atoms with Gasteiger partial charge in [-0.05, 0) is 54.4 Å². The molecule has 0 unspecified atom stereocenters. The van der Waals surface area contributed by atoms with Crippen LogP contribution in [0.15, 0.2) is 77.3 Å². The zero-order chi connectivity index (χ0) is 22.1. The summed E-state index contributed by atoms with van der Waals surface area (Å²) in [6, 6.07) is 22.0. The largest absolute Gasteiger partial charge is 0.492 e. The molecule has 3 rings (SSSR count). The van der Waals surface area contributed by atoms with Gasteiger partial charge >= 0.3 is 5.97 Å². The van der Waals surface area contributed by atoms with Crippen LogP contribution in [0, 0.1) is 0 Å². The quantitative estimate of drug-likeness (QED) is 0.387. The van der Waals surface area contributed by atoms with E-state index in [1.807, 2.05) is 43.3 Å². The third-order valence-electron chi connectivity index (χ3n) is 4.49. The van der Waals surface area contributed by atoms with E-state index in [1.165, 1.54) is 5.56 Å². The van der Waals surface area contributed by atoms with Gasteiger partial charge in [0, 0.05) is 16.6 Å². The van der Waals surface area contributed by atoms with Gasteiger partial charge in [-0.2, -0.15) is 0 Å². The van der Waals surface area contributed by atoms with Crippen molar-refractivity contribution in [2.45, 2.75) is 19.8 Å². The molecule has 160 valence electrons. The Hall–Kier alpha value is -3.12. The summed E-state index contributed by atoms with van der Waals surface area (Å²) >= 11 is 3.41. The second kappa shape index (κ2) is 11.3. The maximum Gasteiger partial charge on any atom is 0.338 e. The molecular weight excluding hydrogens is 458 g/mol. The summed E-state index contributed by atoms with van der Waals surface area (Å²) in [5.41, 5.74) is 2.61. The summed E-state index contributed by atoms with van der Waals surface area (Å²) in [4.78, 5) is 24.8. The fourth-order valence-electron chi connectivity index (χ4n) is 2.90. The van der Waals surface area contributed by atoms with Crippen LogP contribution in [0.25, 0.3) is 0 Å². The highest BCUT2D eigenvalue weighted by molar-refractivity contribution is 9.10. The molecule has 31 heavy (non-hydrogen) atoms. The highest BCUT2D eigenvalue weighted by Gasteiger charge is 2.15. The normalized spacial score (nSPS) is 10.4. The van der Waals surface area contributed by atoms with Gasteiger partial charge in [0.2, 0.25) is 0 Å². The molecule has 5 nitrogen and oxygen atoms in total. The van der Waals surface area contributed by atoms with Crippen LogP contribution in [0.5, 0.6) is 5.75 Å². The lowest BCUT2D eigenvalue weighted by Crippen LogP contribution is -2.15. The summed E-state index contributed by atoms with van der Waals surface area (Å²) in [5, 5.41) is 2.85. The summed E-state index contributed by atoms with van der Waals surface area (Å²) in [5.74, 6) is -0.158. The number of amides is 1. The molecule has 0 aliphatic carbocycles. The fourth-order valence-corrected chi connectivity index (χ4v) is 3.26. The number of benzene rings is 3. The summed E-state index contributed by atoms with van der Waals surface area (Å²) in [7, 11) is 0. The first-order chi connectivity index (χ1) is 15.1. The lowest BCUT2D eigenvalue weighted by atomic mass is 10.1. The van der Waals surface area contributed by atoms with Crippen molar-refractivity contribution in [2.24, 2.45) is 0 Å². The van der Waals surface area contributed by atoms with Crippen LogP contribution in [0.3, 0.4) is 0 Å². The first-order valence-electron chi connectivity index (χ1n) is 10.1. The first-order valence-corrected chi connectivity index (χ1v) is 10.9. The lowest BCUT2D eigenvalue weighted by Gasteiger charge is -2.13. The van der Waals surface area contributed by atoms with Gasteiger partial charge in [-0.3, -0.25) is 4.79 Å². The van der Waals surface area contributed by atoms with Gasteiger partial charge < -0.3 is 14.8 Å². The molecule has 0 atom stereocenters. The average molecular weight is 482 g/mol. The molecule has 0 aliphatic heterocycles. The zero-order valence-electron chi connectivity index (χ0n) is 17.3. The van der Waals surface area contributed by atoms with E-state index in [2.05, 4.69) is 21.2 Å². The summed E-state index contributed by atoms with van der Waals surface area (Å²) in [6.45, 7) is 2.78. The Kier molecular flexibility index (Phi) is 8.24. The standard InChI is InChI=1S/C25H24BrNO4/c1-2-15-31-25(29)19-8-11-21(12-9-19)27-24(28)22-17-20(26)10-13-23(22)30-16-14-18-6-4-3-5-7-18/h3-13,17H,2,14-16H2,1H3,(H,27,28). The number of halogens is 1. The molecule has 0 saturated carbocycles. The van der Waals surface area contributed by atoms with Gasteiger partial charge in [0.1, 0.15) is 5.75 Å². The van der Waals surface area contributed by atoms with E-state index < -0.39 is 0 Å². The predicted octanol–water partition coefficient (Wildman–Crippen LogP) is 5.89. The van der Waals surface area contributed by atoms with Crippen molar-refractivity contribution in [3.05, 3.63) is 94.0 Å². The fraction of sp³-hybridized carbons (Fsp3) is 0.200. The Labute approximate surface area is 190 Å². The molecule has 0 aliphatic rings. The van der Waals surface area contributed by atoms with Crippen LogP contribution in [-0.2, 0) is 11.2 Å². The molecule has 3 aromatic carbocycles. The second-order valence-corrected chi connectivity index (χ2v) is 7.81. The van der Waals surface area contributed by atoms with Gasteiger partial charge in [0.15, 0.2) is 0 Å². The lowest BCUT2D eigenvalue weighted by molar-refractivity contribution is 0.0505. The number of hydrogen-bond acceptors (Lipinski definition) is 4. The van der Waals surface area contributed by atoms with Crippen molar-refractivity contribution in [1.29, 1.82) is 0 Å². The van der Waals surface area contributed by atoms with Gasteiger partial charge in [0.25, 0.3) is 5.91 Å². The first kappa shape index (κ1) is 22.6. The van der Waals surface area contributed by atoms with Crippen LogP contribution in [0.4, 0.5) is 5.69 Å². The highest BCUT2D eigenvalue weighted by atomic mass is 79.9. The van der Waals surface area contributed by atoms with E-state index in [4.69, 9.17) is 9.47 Å². The van der Waals surface area contributed by atoms with Crippen LogP contribution in [-0.4, -0.2) is 25.1 Å². The smallest absolute Gasteiger partial charge is 0.338 e. The molecule has 0 aromatic heterocycles. The Morgan fingerprint density at radius 1 is 0.935 bits per heavy atom. The van der Waals surface area contributed by atoms with Gasteiger partial charge in [-0.15, -0.1) is 0 Å². The molecule has 0 spiro atoms. The van der Waals surface area contributed by atoms with Crippen molar-refractivity contribution in [3.63, 3.8) is 0 Å². The van der Waals surface area contributed by atoms with Gasteiger partial charge in [0.05, 0.1) is 24.3 Å². The van der Waals surface area contributed by atoms with Gasteiger partial charge in [-0.25, -0.2) is 4.79 Å². The SMILES string of the molecule is CCCOC(=O)c1ccc(NC(=O)c2cc(Br)ccc2OCCc2ccccc2)cc1. The number of hydrogen-bond donors (Lipinski definition) is 1. The molecule has 3 aromatic rings. The molecule has 1 N–H and O–H groups in total. The third-order valence-corrected chi connectivity index (χ3v) is 4.99. The zero-order valence-corrected chi connectivity index (χ0v) is 18.9. The third kappa shape index (κ3) is 6.69. The molecule has 0 bridgehead atoms. The summed E-state index contributed by atoms with van der Waals surface area (Å²) < 4.78 is 11.8. The van der Waals surface area contributed by atoms with E-state index >= 15 is 0 Å². The van der Waals surface area contributed by atoms with E-state index in [9.17, 15) is 9.59 Å². The predicted molar refractivity (Wildman–Crippen MR) is 125 cm³/mol. The topological polar surface area (TPSA) is 64.6 Å². The maximum atomic E-state index is 12.9. The molecule has 6 heteroatoms. The molecular formula is C25H24BrNO4. The molecule has 0 radical (unpaired) electrons. The Morgan fingerprint density at radius 3 is 2.39 bits per heavy atom. The number of ether oxygens (including phenoxy) is 2. The summed E-state index contributed by atoms with van der Waals surface area (Å²) in [6.07, 6.45) is 1.51. The molecule has 1 amide bonds. The van der Waals surface area contributed by atoms with Crippen LogP contribution in [0.2, 0.25) is 0 Å². The minimum Gasteiger partial charge on any atom is -0.492 e.